The van der Waals surface area contributed by atoms with Crippen LogP contribution in [0.3, 0.4) is 0 Å². The van der Waals surface area contributed by atoms with Crippen LogP contribution in [0.2, 0.25) is 0 Å². The molecule has 122 valence electrons. The fourth-order valence-corrected chi connectivity index (χ4v) is 2.55. The third kappa shape index (κ3) is 3.52. The van der Waals surface area contributed by atoms with E-state index < -0.39 is 0 Å². The van der Waals surface area contributed by atoms with E-state index in [1.807, 2.05) is 25.6 Å². The Balaban J connectivity index is 1.71. The number of aromatic amines is 1. The van der Waals surface area contributed by atoms with Crippen molar-refractivity contribution in [3.8, 4) is 0 Å². The van der Waals surface area contributed by atoms with Gasteiger partial charge in [0, 0.05) is 30.3 Å². The third-order valence-electron chi connectivity index (χ3n) is 4.17. The molecule has 1 amide bonds. The summed E-state index contributed by atoms with van der Waals surface area (Å²) in [5.41, 5.74) is 2.98. The molecular weight excluding hydrogens is 292 g/mol. The standard InChI is InChI=1S/C17H22N4O2/c1-10(2)14-6-12(7-16(22)19-14)17(23)18-9-13-8-15(11-4-5-11)20-21(13)3/h6-8,10-11H,4-5,9H2,1-3H3,(H,18,23)(H,19,22). The predicted molar refractivity (Wildman–Crippen MR) is 87.5 cm³/mol. The lowest BCUT2D eigenvalue weighted by atomic mass is 10.1. The molecule has 0 radical (unpaired) electrons. The maximum Gasteiger partial charge on any atom is 0.251 e. The zero-order valence-corrected chi connectivity index (χ0v) is 13.7. The summed E-state index contributed by atoms with van der Waals surface area (Å²) in [6.45, 7) is 4.35. The molecule has 1 aliphatic carbocycles. The monoisotopic (exact) mass is 314 g/mol. The van der Waals surface area contributed by atoms with Gasteiger partial charge < -0.3 is 10.3 Å². The molecule has 0 saturated heterocycles. The molecule has 0 unspecified atom stereocenters. The Morgan fingerprint density at radius 1 is 1.39 bits per heavy atom. The van der Waals surface area contributed by atoms with Gasteiger partial charge >= 0.3 is 0 Å². The van der Waals surface area contributed by atoms with E-state index in [2.05, 4.69) is 21.5 Å². The van der Waals surface area contributed by atoms with Crippen LogP contribution in [0.4, 0.5) is 0 Å². The van der Waals surface area contributed by atoms with Gasteiger partial charge in [-0.3, -0.25) is 14.3 Å². The Morgan fingerprint density at radius 2 is 2.13 bits per heavy atom. The molecule has 1 saturated carbocycles. The molecule has 0 aliphatic heterocycles. The Morgan fingerprint density at radius 3 is 2.78 bits per heavy atom. The first-order chi connectivity index (χ1) is 10.9. The Hall–Kier alpha value is -2.37. The molecule has 0 aromatic carbocycles. The number of amides is 1. The van der Waals surface area contributed by atoms with Crippen molar-refractivity contribution in [1.29, 1.82) is 0 Å². The van der Waals surface area contributed by atoms with Gasteiger partial charge in [0.15, 0.2) is 0 Å². The van der Waals surface area contributed by atoms with Crippen molar-refractivity contribution in [2.75, 3.05) is 0 Å². The number of hydrogen-bond donors (Lipinski definition) is 2. The van der Waals surface area contributed by atoms with Gasteiger partial charge in [0.2, 0.25) is 5.56 Å². The van der Waals surface area contributed by atoms with Gasteiger partial charge in [0.1, 0.15) is 0 Å². The van der Waals surface area contributed by atoms with E-state index in [0.29, 0.717) is 18.0 Å². The lowest BCUT2D eigenvalue weighted by Crippen LogP contribution is -2.26. The van der Waals surface area contributed by atoms with Crippen molar-refractivity contribution in [1.82, 2.24) is 20.1 Å². The quantitative estimate of drug-likeness (QED) is 0.886. The summed E-state index contributed by atoms with van der Waals surface area (Å²) in [5, 5.41) is 7.35. The van der Waals surface area contributed by atoms with Crippen molar-refractivity contribution < 1.29 is 4.79 Å². The summed E-state index contributed by atoms with van der Waals surface area (Å²) in [4.78, 5) is 26.8. The first-order valence-corrected chi connectivity index (χ1v) is 7.99. The topological polar surface area (TPSA) is 79.8 Å². The number of aromatic nitrogens is 3. The molecule has 1 aliphatic rings. The zero-order valence-electron chi connectivity index (χ0n) is 13.7. The molecule has 6 heteroatoms. The number of pyridine rings is 1. The highest BCUT2D eigenvalue weighted by molar-refractivity contribution is 5.94. The minimum Gasteiger partial charge on any atom is -0.346 e. The Bertz CT molecular complexity index is 784. The molecule has 3 rings (SSSR count). The van der Waals surface area contributed by atoms with E-state index >= 15 is 0 Å². The SMILES string of the molecule is CC(C)c1cc(C(=O)NCc2cc(C3CC3)nn2C)cc(=O)[nH]1. The second-order valence-corrected chi connectivity index (χ2v) is 6.48. The number of rotatable bonds is 5. The summed E-state index contributed by atoms with van der Waals surface area (Å²) < 4.78 is 1.81. The smallest absolute Gasteiger partial charge is 0.251 e. The van der Waals surface area contributed by atoms with Gasteiger partial charge in [0.05, 0.1) is 17.9 Å². The summed E-state index contributed by atoms with van der Waals surface area (Å²) in [6, 6.07) is 5.12. The van der Waals surface area contributed by atoms with Crippen LogP contribution in [-0.2, 0) is 13.6 Å². The highest BCUT2D eigenvalue weighted by Crippen LogP contribution is 2.39. The van der Waals surface area contributed by atoms with Gasteiger partial charge in [-0.25, -0.2) is 0 Å². The lowest BCUT2D eigenvalue weighted by Gasteiger charge is -2.09. The number of aryl methyl sites for hydroxylation is 1. The molecule has 0 bridgehead atoms. The molecule has 6 nitrogen and oxygen atoms in total. The van der Waals surface area contributed by atoms with Crippen molar-refractivity contribution in [3.05, 3.63) is 51.2 Å². The number of carbonyl (C=O) groups excluding carboxylic acids is 1. The molecule has 1 fully saturated rings. The second kappa shape index (κ2) is 6.02. The van der Waals surface area contributed by atoms with Crippen LogP contribution in [0.25, 0.3) is 0 Å². The van der Waals surface area contributed by atoms with Crippen LogP contribution in [0, 0.1) is 0 Å². The maximum atomic E-state index is 12.3. The van der Waals surface area contributed by atoms with E-state index in [1.54, 1.807) is 6.07 Å². The largest absolute Gasteiger partial charge is 0.346 e. The van der Waals surface area contributed by atoms with Gasteiger partial charge in [-0.2, -0.15) is 5.10 Å². The maximum absolute atomic E-state index is 12.3. The van der Waals surface area contributed by atoms with Crippen LogP contribution in [0.15, 0.2) is 23.0 Å². The molecule has 2 aromatic heterocycles. The summed E-state index contributed by atoms with van der Waals surface area (Å²) >= 11 is 0. The van der Waals surface area contributed by atoms with Crippen molar-refractivity contribution in [3.63, 3.8) is 0 Å². The fourth-order valence-electron chi connectivity index (χ4n) is 2.55. The molecular formula is C17H22N4O2. The minimum absolute atomic E-state index is 0.161. The average Bonchev–Trinajstić information content (AvgIpc) is 3.28. The average molecular weight is 314 g/mol. The van der Waals surface area contributed by atoms with Crippen LogP contribution in [0.5, 0.6) is 0 Å². The summed E-state index contributed by atoms with van der Waals surface area (Å²) in [5.74, 6) is 0.507. The minimum atomic E-state index is -0.252. The Labute approximate surface area is 134 Å². The van der Waals surface area contributed by atoms with E-state index in [0.717, 1.165) is 17.1 Å². The highest BCUT2D eigenvalue weighted by atomic mass is 16.2. The van der Waals surface area contributed by atoms with Crippen molar-refractivity contribution in [2.24, 2.45) is 7.05 Å². The number of nitrogens with zero attached hydrogens (tertiary/aromatic N) is 2. The molecule has 2 aromatic rings. The van der Waals surface area contributed by atoms with E-state index in [-0.39, 0.29) is 17.4 Å². The van der Waals surface area contributed by atoms with Gasteiger partial charge in [-0.05, 0) is 30.9 Å². The number of carbonyl (C=O) groups is 1. The predicted octanol–water partition coefficient (Wildman–Crippen LogP) is 2.04. The van der Waals surface area contributed by atoms with Crippen LogP contribution in [-0.4, -0.2) is 20.7 Å². The van der Waals surface area contributed by atoms with Crippen LogP contribution >= 0.6 is 0 Å². The number of H-pyrrole nitrogens is 1. The van der Waals surface area contributed by atoms with Crippen LogP contribution < -0.4 is 10.9 Å². The van der Waals surface area contributed by atoms with Crippen molar-refractivity contribution in [2.45, 2.75) is 45.1 Å². The zero-order chi connectivity index (χ0) is 16.6. The lowest BCUT2D eigenvalue weighted by molar-refractivity contribution is 0.0949. The van der Waals surface area contributed by atoms with Crippen LogP contribution in [0.1, 0.15) is 66.0 Å². The van der Waals surface area contributed by atoms with E-state index in [1.165, 1.54) is 18.9 Å². The van der Waals surface area contributed by atoms with Crippen molar-refractivity contribution >= 4 is 5.91 Å². The molecule has 23 heavy (non-hydrogen) atoms. The second-order valence-electron chi connectivity index (χ2n) is 6.48. The summed E-state index contributed by atoms with van der Waals surface area (Å²) in [6.07, 6.45) is 2.40. The van der Waals surface area contributed by atoms with Gasteiger partial charge in [0.25, 0.3) is 5.91 Å². The number of nitrogens with one attached hydrogen (secondary N) is 2. The molecule has 2 heterocycles. The third-order valence-corrected chi connectivity index (χ3v) is 4.17. The highest BCUT2D eigenvalue weighted by Gasteiger charge is 2.26. The van der Waals surface area contributed by atoms with E-state index in [4.69, 9.17) is 0 Å². The van der Waals surface area contributed by atoms with Gasteiger partial charge in [-0.1, -0.05) is 13.8 Å². The molecule has 0 atom stereocenters. The summed E-state index contributed by atoms with van der Waals surface area (Å²) in [7, 11) is 1.89. The molecule has 2 N–H and O–H groups in total. The van der Waals surface area contributed by atoms with Gasteiger partial charge in [-0.15, -0.1) is 0 Å². The van der Waals surface area contributed by atoms with E-state index in [9.17, 15) is 9.59 Å². The molecule has 0 spiro atoms. The first kappa shape index (κ1) is 15.5. The number of hydrogen-bond acceptors (Lipinski definition) is 3. The normalized spacial score (nSPS) is 14.3. The Kier molecular flexibility index (Phi) is 4.07. The first-order valence-electron chi connectivity index (χ1n) is 7.99. The fraction of sp³-hybridized carbons (Fsp3) is 0.471.